The smallest absolute Gasteiger partial charge is 0.250 e. The standard InChI is InChI=1S/C25H28N4O2/c26-25(31)18-11-10-17(16-20(18)27-12-15-28-13-3-4-14-28)29-21-7-2-1-6-19(21)24-22(29)8-5-9-23(24)30/h1-2,6-7,10-11,16,27H,3-5,8-9,12-15H2,(H2,26,31). The number of nitrogens with zero attached hydrogens (tertiary/aromatic N) is 2. The predicted octanol–water partition coefficient (Wildman–Crippen LogP) is 3.76. The first kappa shape index (κ1) is 19.8. The summed E-state index contributed by atoms with van der Waals surface area (Å²) in [6, 6.07) is 13.8. The average molecular weight is 417 g/mol. The van der Waals surface area contributed by atoms with E-state index in [1.54, 1.807) is 6.07 Å². The number of hydrogen-bond donors (Lipinski definition) is 2. The van der Waals surface area contributed by atoms with Crippen LogP contribution >= 0.6 is 0 Å². The third kappa shape index (κ3) is 3.61. The van der Waals surface area contributed by atoms with Crippen LogP contribution in [0, 0.1) is 0 Å². The van der Waals surface area contributed by atoms with Gasteiger partial charge in [-0.15, -0.1) is 0 Å². The van der Waals surface area contributed by atoms with Gasteiger partial charge in [-0.25, -0.2) is 0 Å². The molecule has 0 saturated carbocycles. The first-order valence-electron chi connectivity index (χ1n) is 11.2. The number of rotatable bonds is 6. The molecule has 1 saturated heterocycles. The molecule has 1 aliphatic heterocycles. The van der Waals surface area contributed by atoms with Gasteiger partial charge in [0.2, 0.25) is 0 Å². The second-order valence-electron chi connectivity index (χ2n) is 8.52. The SMILES string of the molecule is NC(=O)c1ccc(-n2c3c(c4ccccc42)C(=O)CCC3)cc1NCCN1CCCC1. The van der Waals surface area contributed by atoms with Crippen molar-refractivity contribution in [3.05, 3.63) is 59.3 Å². The van der Waals surface area contributed by atoms with E-state index in [2.05, 4.69) is 20.9 Å². The number of carbonyl (C=O) groups is 2. The Morgan fingerprint density at radius 2 is 1.84 bits per heavy atom. The lowest BCUT2D eigenvalue weighted by Gasteiger charge is -2.19. The highest BCUT2D eigenvalue weighted by atomic mass is 16.1. The van der Waals surface area contributed by atoms with Crippen molar-refractivity contribution in [2.24, 2.45) is 5.73 Å². The van der Waals surface area contributed by atoms with E-state index < -0.39 is 5.91 Å². The molecule has 1 fully saturated rings. The Hall–Kier alpha value is -3.12. The van der Waals surface area contributed by atoms with Crippen molar-refractivity contribution in [2.75, 3.05) is 31.5 Å². The molecular weight excluding hydrogens is 388 g/mol. The van der Waals surface area contributed by atoms with Gasteiger partial charge < -0.3 is 20.5 Å². The molecule has 160 valence electrons. The van der Waals surface area contributed by atoms with Crippen LogP contribution in [0.4, 0.5) is 5.69 Å². The van der Waals surface area contributed by atoms with E-state index in [4.69, 9.17) is 5.73 Å². The maximum atomic E-state index is 12.7. The fraction of sp³-hybridized carbons (Fsp3) is 0.360. The Bertz CT molecular complexity index is 1160. The molecule has 0 radical (unpaired) electrons. The Morgan fingerprint density at radius 3 is 2.65 bits per heavy atom. The first-order valence-corrected chi connectivity index (χ1v) is 11.2. The van der Waals surface area contributed by atoms with E-state index in [0.717, 1.165) is 72.6 Å². The number of amides is 1. The van der Waals surface area contributed by atoms with Crippen LogP contribution in [0.2, 0.25) is 0 Å². The highest BCUT2D eigenvalue weighted by Gasteiger charge is 2.26. The van der Waals surface area contributed by atoms with E-state index in [1.807, 2.05) is 30.3 Å². The minimum atomic E-state index is -0.440. The Morgan fingerprint density at radius 1 is 1.03 bits per heavy atom. The number of carbonyl (C=O) groups excluding carboxylic acids is 2. The predicted molar refractivity (Wildman–Crippen MR) is 123 cm³/mol. The number of aromatic nitrogens is 1. The number of likely N-dealkylation sites (tertiary alicyclic amines) is 1. The van der Waals surface area contributed by atoms with E-state index in [1.165, 1.54) is 12.8 Å². The van der Waals surface area contributed by atoms with E-state index in [-0.39, 0.29) is 5.78 Å². The minimum Gasteiger partial charge on any atom is -0.383 e. The number of fused-ring (bicyclic) bond motifs is 3. The maximum absolute atomic E-state index is 12.7. The molecule has 2 heterocycles. The summed E-state index contributed by atoms with van der Waals surface area (Å²) in [5.41, 5.74) is 10.8. The van der Waals surface area contributed by atoms with Crippen LogP contribution in [0.3, 0.4) is 0 Å². The van der Waals surface area contributed by atoms with Crippen LogP contribution in [0.5, 0.6) is 0 Å². The van der Waals surface area contributed by atoms with Gasteiger partial charge in [0, 0.05) is 47.5 Å². The summed E-state index contributed by atoms with van der Waals surface area (Å²) in [6.07, 6.45) is 4.84. The molecule has 0 unspecified atom stereocenters. The third-order valence-electron chi connectivity index (χ3n) is 6.54. The van der Waals surface area contributed by atoms with E-state index >= 15 is 0 Å². The lowest BCUT2D eigenvalue weighted by atomic mass is 9.94. The van der Waals surface area contributed by atoms with Crippen LogP contribution in [-0.2, 0) is 6.42 Å². The zero-order chi connectivity index (χ0) is 21.4. The number of ketones is 1. The van der Waals surface area contributed by atoms with Crippen LogP contribution in [0.15, 0.2) is 42.5 Å². The van der Waals surface area contributed by atoms with Gasteiger partial charge in [0.25, 0.3) is 5.91 Å². The number of Topliss-reactive ketones (excluding diaryl/α,β-unsaturated/α-hetero) is 1. The summed E-state index contributed by atoms with van der Waals surface area (Å²) in [5.74, 6) is -0.223. The first-order chi connectivity index (χ1) is 15.1. The van der Waals surface area contributed by atoms with Crippen molar-refractivity contribution >= 4 is 28.3 Å². The lowest BCUT2D eigenvalue weighted by Crippen LogP contribution is -2.26. The summed E-state index contributed by atoms with van der Waals surface area (Å²) in [4.78, 5) is 27.2. The molecule has 2 aromatic carbocycles. The zero-order valence-electron chi connectivity index (χ0n) is 17.7. The molecule has 2 aliphatic rings. The highest BCUT2D eigenvalue weighted by Crippen LogP contribution is 2.35. The molecule has 1 aliphatic carbocycles. The fourth-order valence-electron chi connectivity index (χ4n) is 5.06. The quantitative estimate of drug-likeness (QED) is 0.641. The number of anilines is 1. The van der Waals surface area contributed by atoms with Gasteiger partial charge in [0.1, 0.15) is 0 Å². The molecule has 0 atom stereocenters. The van der Waals surface area contributed by atoms with Gasteiger partial charge in [-0.1, -0.05) is 18.2 Å². The van der Waals surface area contributed by atoms with E-state index in [9.17, 15) is 9.59 Å². The molecule has 0 spiro atoms. The van der Waals surface area contributed by atoms with Crippen LogP contribution < -0.4 is 11.1 Å². The van der Waals surface area contributed by atoms with Gasteiger partial charge >= 0.3 is 0 Å². The molecule has 1 amide bonds. The summed E-state index contributed by atoms with van der Waals surface area (Å²) in [5, 5.41) is 4.44. The van der Waals surface area contributed by atoms with Crippen molar-refractivity contribution in [3.63, 3.8) is 0 Å². The lowest BCUT2D eigenvalue weighted by molar-refractivity contribution is 0.0971. The monoisotopic (exact) mass is 416 g/mol. The topological polar surface area (TPSA) is 80.4 Å². The summed E-state index contributed by atoms with van der Waals surface area (Å²) in [7, 11) is 0. The van der Waals surface area contributed by atoms with Gasteiger partial charge in [-0.3, -0.25) is 9.59 Å². The van der Waals surface area contributed by atoms with Crippen molar-refractivity contribution in [2.45, 2.75) is 32.1 Å². The molecule has 6 nitrogen and oxygen atoms in total. The number of benzene rings is 2. The fourth-order valence-corrected chi connectivity index (χ4v) is 5.06. The molecule has 0 bridgehead atoms. The number of hydrogen-bond acceptors (Lipinski definition) is 4. The van der Waals surface area contributed by atoms with Gasteiger partial charge in [0.15, 0.2) is 5.78 Å². The number of nitrogens with two attached hydrogens (primary N) is 1. The molecule has 3 aromatic rings. The second-order valence-corrected chi connectivity index (χ2v) is 8.52. The zero-order valence-corrected chi connectivity index (χ0v) is 17.7. The minimum absolute atomic E-state index is 0.217. The normalized spacial score (nSPS) is 16.6. The summed E-state index contributed by atoms with van der Waals surface area (Å²) in [6.45, 7) is 3.98. The Kier molecular flexibility index (Phi) is 5.24. The second kappa shape index (κ2) is 8.19. The summed E-state index contributed by atoms with van der Waals surface area (Å²) < 4.78 is 2.18. The van der Waals surface area contributed by atoms with Crippen molar-refractivity contribution in [3.8, 4) is 5.69 Å². The highest BCUT2D eigenvalue weighted by molar-refractivity contribution is 6.10. The van der Waals surface area contributed by atoms with Crippen molar-refractivity contribution in [1.82, 2.24) is 9.47 Å². The molecule has 5 rings (SSSR count). The van der Waals surface area contributed by atoms with Gasteiger partial charge in [-0.05, 0) is 63.0 Å². The molecule has 6 heteroatoms. The molecule has 1 aromatic heterocycles. The number of nitrogens with one attached hydrogen (secondary N) is 1. The molecular formula is C25H28N4O2. The van der Waals surface area contributed by atoms with E-state index in [0.29, 0.717) is 12.0 Å². The van der Waals surface area contributed by atoms with Crippen molar-refractivity contribution < 1.29 is 9.59 Å². The Labute approximate surface area is 182 Å². The largest absolute Gasteiger partial charge is 0.383 e. The van der Waals surface area contributed by atoms with Crippen molar-refractivity contribution in [1.29, 1.82) is 0 Å². The molecule has 3 N–H and O–H groups in total. The molecule has 31 heavy (non-hydrogen) atoms. The maximum Gasteiger partial charge on any atom is 0.250 e. The van der Waals surface area contributed by atoms with Crippen LogP contribution in [0.25, 0.3) is 16.6 Å². The number of primary amides is 1. The van der Waals surface area contributed by atoms with Gasteiger partial charge in [0.05, 0.1) is 11.1 Å². The third-order valence-corrected chi connectivity index (χ3v) is 6.54. The van der Waals surface area contributed by atoms with Gasteiger partial charge in [-0.2, -0.15) is 0 Å². The van der Waals surface area contributed by atoms with Crippen LogP contribution in [-0.4, -0.2) is 47.3 Å². The average Bonchev–Trinajstić information content (AvgIpc) is 3.40. The Balaban J connectivity index is 1.55. The van der Waals surface area contributed by atoms with Crippen LogP contribution in [0.1, 0.15) is 52.1 Å². The summed E-state index contributed by atoms with van der Waals surface area (Å²) >= 11 is 0. The number of para-hydroxylation sites is 1.